The highest BCUT2D eigenvalue weighted by Gasteiger charge is 2.30. The molecule has 0 aliphatic rings. The third-order valence-electron chi connectivity index (χ3n) is 3.13. The van der Waals surface area contributed by atoms with Crippen LogP contribution in [0.3, 0.4) is 0 Å². The fraction of sp³-hybridized carbons (Fsp3) is 0.333. The number of alkyl halides is 3. The van der Waals surface area contributed by atoms with Crippen LogP contribution in [-0.2, 0) is 12.6 Å². The van der Waals surface area contributed by atoms with Crippen LogP contribution in [0.15, 0.2) is 30.5 Å². The predicted molar refractivity (Wildman–Crippen MR) is 71.7 cm³/mol. The van der Waals surface area contributed by atoms with Crippen molar-refractivity contribution in [2.75, 3.05) is 0 Å². The second kappa shape index (κ2) is 5.81. The van der Waals surface area contributed by atoms with E-state index < -0.39 is 17.8 Å². The molecule has 0 aliphatic heterocycles. The van der Waals surface area contributed by atoms with Crippen LogP contribution in [0.25, 0.3) is 0 Å². The van der Waals surface area contributed by atoms with Gasteiger partial charge in [0.2, 0.25) is 0 Å². The lowest BCUT2D eigenvalue weighted by atomic mass is 10.1. The lowest BCUT2D eigenvalue weighted by Gasteiger charge is -2.10. The molecule has 21 heavy (non-hydrogen) atoms. The Hall–Kier alpha value is -1.95. The van der Waals surface area contributed by atoms with Crippen LogP contribution >= 0.6 is 0 Å². The monoisotopic (exact) mass is 296 g/mol. The number of nitrogens with zero attached hydrogens (tertiary/aromatic N) is 2. The third-order valence-corrected chi connectivity index (χ3v) is 3.13. The van der Waals surface area contributed by atoms with Gasteiger partial charge in [-0.1, -0.05) is 18.2 Å². The summed E-state index contributed by atoms with van der Waals surface area (Å²) in [6, 6.07) is 5.11. The number of benzene rings is 1. The van der Waals surface area contributed by atoms with E-state index in [1.807, 2.05) is 0 Å². The van der Waals surface area contributed by atoms with E-state index in [-0.39, 0.29) is 6.42 Å². The molecule has 0 saturated carbocycles. The van der Waals surface area contributed by atoms with Gasteiger partial charge in [-0.2, -0.15) is 13.2 Å². The minimum atomic E-state index is -4.36. The van der Waals surface area contributed by atoms with Crippen LogP contribution in [-0.4, -0.2) is 15.1 Å². The Labute approximate surface area is 120 Å². The van der Waals surface area contributed by atoms with Crippen LogP contribution in [0.1, 0.15) is 41.2 Å². The molecule has 0 unspecified atom stereocenters. The molecule has 0 fully saturated rings. The number of halogens is 3. The standard InChI is InChI=1S/C15H15F3N2O/c1-9-13(10(2)21)8-19-14(20-9)7-11-4-3-5-12(6-11)15(16,17)18/h3-6,8,10,21H,7H2,1-2H3/t10-/m1/s1. The van der Waals surface area contributed by atoms with Crippen molar-refractivity contribution >= 4 is 0 Å². The smallest absolute Gasteiger partial charge is 0.389 e. The quantitative estimate of drug-likeness (QED) is 0.943. The van der Waals surface area contributed by atoms with E-state index in [9.17, 15) is 18.3 Å². The average Bonchev–Trinajstić information content (AvgIpc) is 2.37. The van der Waals surface area contributed by atoms with Crippen molar-refractivity contribution in [2.45, 2.75) is 32.5 Å². The summed E-state index contributed by atoms with van der Waals surface area (Å²) in [5.74, 6) is 0.427. The van der Waals surface area contributed by atoms with Gasteiger partial charge in [-0.15, -0.1) is 0 Å². The highest BCUT2D eigenvalue weighted by Crippen LogP contribution is 2.29. The van der Waals surface area contributed by atoms with Gasteiger partial charge in [0.05, 0.1) is 11.7 Å². The molecule has 3 nitrogen and oxygen atoms in total. The third kappa shape index (κ3) is 3.78. The molecular weight excluding hydrogens is 281 g/mol. The number of hydrogen-bond acceptors (Lipinski definition) is 3. The number of aliphatic hydroxyl groups excluding tert-OH is 1. The lowest BCUT2D eigenvalue weighted by molar-refractivity contribution is -0.137. The van der Waals surface area contributed by atoms with Gasteiger partial charge < -0.3 is 5.11 Å². The summed E-state index contributed by atoms with van der Waals surface area (Å²) >= 11 is 0. The predicted octanol–water partition coefficient (Wildman–Crippen LogP) is 3.45. The molecule has 1 aromatic heterocycles. The first-order valence-electron chi connectivity index (χ1n) is 6.44. The maximum atomic E-state index is 12.7. The minimum Gasteiger partial charge on any atom is -0.389 e. The Balaban J connectivity index is 2.25. The zero-order chi connectivity index (χ0) is 15.6. The SMILES string of the molecule is Cc1nc(Cc2cccc(C(F)(F)F)c2)ncc1[C@@H](C)O. The van der Waals surface area contributed by atoms with E-state index in [4.69, 9.17) is 0 Å². The van der Waals surface area contributed by atoms with Crippen molar-refractivity contribution in [3.8, 4) is 0 Å². The molecule has 1 heterocycles. The maximum Gasteiger partial charge on any atom is 0.416 e. The summed E-state index contributed by atoms with van der Waals surface area (Å²) in [6.45, 7) is 3.34. The fourth-order valence-electron chi connectivity index (χ4n) is 2.06. The first-order chi connectivity index (χ1) is 9.77. The van der Waals surface area contributed by atoms with Gasteiger partial charge in [-0.05, 0) is 25.5 Å². The second-order valence-electron chi connectivity index (χ2n) is 4.88. The van der Waals surface area contributed by atoms with E-state index in [1.54, 1.807) is 19.9 Å². The molecule has 0 amide bonds. The number of rotatable bonds is 3. The molecule has 0 bridgehead atoms. The largest absolute Gasteiger partial charge is 0.416 e. The zero-order valence-electron chi connectivity index (χ0n) is 11.6. The second-order valence-corrected chi connectivity index (χ2v) is 4.88. The highest BCUT2D eigenvalue weighted by atomic mass is 19.4. The van der Waals surface area contributed by atoms with E-state index in [1.165, 1.54) is 12.3 Å². The Kier molecular flexibility index (Phi) is 4.27. The summed E-state index contributed by atoms with van der Waals surface area (Å²) in [6.07, 6.45) is -3.31. The van der Waals surface area contributed by atoms with Crippen molar-refractivity contribution in [1.29, 1.82) is 0 Å². The highest BCUT2D eigenvalue weighted by molar-refractivity contribution is 5.28. The molecule has 0 spiro atoms. The first-order valence-corrected chi connectivity index (χ1v) is 6.44. The molecule has 0 radical (unpaired) electrons. The normalized spacial score (nSPS) is 13.2. The Morgan fingerprint density at radius 3 is 2.57 bits per heavy atom. The van der Waals surface area contributed by atoms with Crippen LogP contribution in [0.2, 0.25) is 0 Å². The first kappa shape index (κ1) is 15.4. The van der Waals surface area contributed by atoms with Crippen molar-refractivity contribution in [2.24, 2.45) is 0 Å². The number of aromatic nitrogens is 2. The average molecular weight is 296 g/mol. The van der Waals surface area contributed by atoms with Crippen LogP contribution in [0.4, 0.5) is 13.2 Å². The molecule has 0 saturated heterocycles. The molecular formula is C15H15F3N2O. The van der Waals surface area contributed by atoms with Gasteiger partial charge in [0.1, 0.15) is 5.82 Å². The van der Waals surface area contributed by atoms with Gasteiger partial charge >= 0.3 is 6.18 Å². The van der Waals surface area contributed by atoms with Crippen molar-refractivity contribution in [1.82, 2.24) is 9.97 Å². The Morgan fingerprint density at radius 1 is 1.29 bits per heavy atom. The Morgan fingerprint density at radius 2 is 2.00 bits per heavy atom. The van der Waals surface area contributed by atoms with E-state index in [0.29, 0.717) is 22.6 Å². The van der Waals surface area contributed by atoms with Gasteiger partial charge in [-0.25, -0.2) is 9.97 Å². The topological polar surface area (TPSA) is 46.0 Å². The number of aliphatic hydroxyl groups is 1. The van der Waals surface area contributed by atoms with Gasteiger partial charge in [-0.3, -0.25) is 0 Å². The maximum absolute atomic E-state index is 12.7. The zero-order valence-corrected chi connectivity index (χ0v) is 11.6. The summed E-state index contributed by atoms with van der Waals surface area (Å²) in [7, 11) is 0. The minimum absolute atomic E-state index is 0.213. The molecule has 1 aromatic carbocycles. The van der Waals surface area contributed by atoms with Crippen LogP contribution < -0.4 is 0 Å². The summed E-state index contributed by atoms with van der Waals surface area (Å²) in [4.78, 5) is 8.32. The molecule has 112 valence electrons. The van der Waals surface area contributed by atoms with Crippen molar-refractivity contribution in [3.05, 3.63) is 58.7 Å². The molecule has 0 aliphatic carbocycles. The van der Waals surface area contributed by atoms with Crippen LogP contribution in [0.5, 0.6) is 0 Å². The van der Waals surface area contributed by atoms with Crippen molar-refractivity contribution < 1.29 is 18.3 Å². The van der Waals surface area contributed by atoms with Gasteiger partial charge in [0, 0.05) is 23.9 Å². The van der Waals surface area contributed by atoms with Gasteiger partial charge in [0.25, 0.3) is 0 Å². The summed E-state index contributed by atoms with van der Waals surface area (Å²) < 4.78 is 38.0. The van der Waals surface area contributed by atoms with Crippen LogP contribution in [0, 0.1) is 6.92 Å². The number of aryl methyl sites for hydroxylation is 1. The van der Waals surface area contributed by atoms with E-state index in [0.717, 1.165) is 12.1 Å². The van der Waals surface area contributed by atoms with E-state index in [2.05, 4.69) is 9.97 Å². The summed E-state index contributed by atoms with van der Waals surface area (Å²) in [5.41, 5.74) is 1.05. The summed E-state index contributed by atoms with van der Waals surface area (Å²) in [5, 5.41) is 9.51. The lowest BCUT2D eigenvalue weighted by Crippen LogP contribution is -2.07. The molecule has 2 rings (SSSR count). The van der Waals surface area contributed by atoms with E-state index >= 15 is 0 Å². The molecule has 1 N–H and O–H groups in total. The molecule has 6 heteroatoms. The molecule has 1 atom stereocenters. The molecule has 2 aromatic rings. The van der Waals surface area contributed by atoms with Gasteiger partial charge in [0.15, 0.2) is 0 Å². The fourth-order valence-corrected chi connectivity index (χ4v) is 2.06. The number of hydrogen-bond donors (Lipinski definition) is 1. The Bertz CT molecular complexity index is 639. The van der Waals surface area contributed by atoms with Crippen molar-refractivity contribution in [3.63, 3.8) is 0 Å².